The van der Waals surface area contributed by atoms with Crippen molar-refractivity contribution in [3.63, 3.8) is 0 Å². The lowest BCUT2D eigenvalue weighted by molar-refractivity contribution is 0.00578. The van der Waals surface area contributed by atoms with E-state index >= 15 is 0 Å². The maximum atomic E-state index is 8.75. The number of hydrogen-bond donors (Lipinski definition) is 0. The molecule has 2 heterocycles. The van der Waals surface area contributed by atoms with E-state index in [0.29, 0.717) is 10.5 Å². The van der Waals surface area contributed by atoms with Crippen LogP contribution in [0.1, 0.15) is 33.4 Å². The molecule has 0 N–H and O–H groups in total. The van der Waals surface area contributed by atoms with Crippen LogP contribution in [0.3, 0.4) is 0 Å². The van der Waals surface area contributed by atoms with Crippen LogP contribution in [-0.4, -0.2) is 23.3 Å². The van der Waals surface area contributed by atoms with Crippen LogP contribution in [0.15, 0.2) is 12.3 Å². The van der Waals surface area contributed by atoms with Crippen molar-refractivity contribution in [3.8, 4) is 6.07 Å². The van der Waals surface area contributed by atoms with Crippen molar-refractivity contribution < 1.29 is 9.31 Å². The number of pyridine rings is 1. The predicted octanol–water partition coefficient (Wildman–Crippen LogP) is 1.91. The van der Waals surface area contributed by atoms with Gasteiger partial charge in [-0.25, -0.2) is 4.98 Å². The fourth-order valence-corrected chi connectivity index (χ4v) is 1.89. The molecule has 0 aromatic carbocycles. The van der Waals surface area contributed by atoms with E-state index < -0.39 is 18.3 Å². The number of aromatic nitrogens is 1. The number of hydrogen-bond acceptors (Lipinski definition) is 4. The first kappa shape index (κ1) is 13.3. The Hall–Kier alpha value is -1.09. The van der Waals surface area contributed by atoms with E-state index in [1.165, 1.54) is 12.3 Å². The van der Waals surface area contributed by atoms with Gasteiger partial charge >= 0.3 is 7.12 Å². The van der Waals surface area contributed by atoms with Gasteiger partial charge in [0.2, 0.25) is 0 Å². The van der Waals surface area contributed by atoms with E-state index in [-0.39, 0.29) is 5.69 Å². The molecule has 2 rings (SSSR count). The minimum Gasteiger partial charge on any atom is -0.399 e. The van der Waals surface area contributed by atoms with Crippen LogP contribution in [0.25, 0.3) is 0 Å². The molecule has 1 aromatic heterocycles. The third kappa shape index (κ3) is 2.12. The summed E-state index contributed by atoms with van der Waals surface area (Å²) in [4.78, 5) is 3.99. The second kappa shape index (κ2) is 4.23. The van der Waals surface area contributed by atoms with Crippen molar-refractivity contribution in [2.24, 2.45) is 0 Å². The van der Waals surface area contributed by atoms with E-state index in [9.17, 15) is 0 Å². The average molecular weight is 265 g/mol. The van der Waals surface area contributed by atoms with Gasteiger partial charge < -0.3 is 9.31 Å². The molecule has 1 aromatic rings. The van der Waals surface area contributed by atoms with Gasteiger partial charge in [0, 0.05) is 16.7 Å². The minimum atomic E-state index is -0.553. The van der Waals surface area contributed by atoms with E-state index in [0.717, 1.165) is 0 Å². The molecule has 1 fully saturated rings. The van der Waals surface area contributed by atoms with Crippen molar-refractivity contribution in [2.45, 2.75) is 38.9 Å². The van der Waals surface area contributed by atoms with Gasteiger partial charge in [0.25, 0.3) is 0 Å². The third-order valence-electron chi connectivity index (χ3n) is 3.50. The summed E-state index contributed by atoms with van der Waals surface area (Å²) in [6.45, 7) is 7.88. The third-order valence-corrected chi connectivity index (χ3v) is 3.83. The normalized spacial score (nSPS) is 20.8. The van der Waals surface area contributed by atoms with Crippen molar-refractivity contribution in [2.75, 3.05) is 0 Å². The van der Waals surface area contributed by atoms with Gasteiger partial charge in [-0.1, -0.05) is 11.6 Å². The molecule has 0 amide bonds. The number of halogens is 1. The molecule has 4 nitrogen and oxygen atoms in total. The molecule has 1 saturated heterocycles. The molecule has 0 spiro atoms. The summed E-state index contributed by atoms with van der Waals surface area (Å²) in [5, 5.41) is 9.18. The van der Waals surface area contributed by atoms with Crippen molar-refractivity contribution in [3.05, 3.63) is 23.0 Å². The van der Waals surface area contributed by atoms with E-state index in [1.54, 1.807) is 0 Å². The predicted molar refractivity (Wildman–Crippen MR) is 69.7 cm³/mol. The number of nitriles is 1. The summed E-state index contributed by atoms with van der Waals surface area (Å²) in [7, 11) is -0.553. The first-order valence-corrected chi connectivity index (χ1v) is 6.06. The van der Waals surface area contributed by atoms with Crippen LogP contribution in [0.5, 0.6) is 0 Å². The monoisotopic (exact) mass is 264 g/mol. The molecule has 0 radical (unpaired) electrons. The quantitative estimate of drug-likeness (QED) is 0.727. The fraction of sp³-hybridized carbons (Fsp3) is 0.500. The van der Waals surface area contributed by atoms with Crippen LogP contribution in [0.2, 0.25) is 5.02 Å². The molecular weight excluding hydrogens is 250 g/mol. The van der Waals surface area contributed by atoms with Crippen molar-refractivity contribution in [1.29, 1.82) is 5.26 Å². The highest BCUT2D eigenvalue weighted by Crippen LogP contribution is 2.36. The zero-order valence-corrected chi connectivity index (χ0v) is 11.6. The molecule has 6 heteroatoms. The lowest BCUT2D eigenvalue weighted by atomic mass is 9.80. The highest BCUT2D eigenvalue weighted by molar-refractivity contribution is 6.65. The first-order valence-electron chi connectivity index (χ1n) is 5.68. The zero-order valence-electron chi connectivity index (χ0n) is 10.8. The Bertz CT molecular complexity index is 509. The Morgan fingerprint density at radius 1 is 1.28 bits per heavy atom. The molecule has 0 saturated carbocycles. The van der Waals surface area contributed by atoms with Gasteiger partial charge in [0.05, 0.1) is 11.2 Å². The molecule has 1 aliphatic heterocycles. The lowest BCUT2D eigenvalue weighted by Gasteiger charge is -2.32. The largest absolute Gasteiger partial charge is 0.497 e. The maximum Gasteiger partial charge on any atom is 0.497 e. The molecule has 0 unspecified atom stereocenters. The summed E-state index contributed by atoms with van der Waals surface area (Å²) >= 11 is 6.12. The summed E-state index contributed by atoms with van der Waals surface area (Å²) in [5.74, 6) is 0. The standard InChI is InChI=1S/C12H14BClN2O2/c1-11(2)12(3,4)18-13(17-11)9-7-16-8(6-15)5-10(9)14/h5,7H,1-4H3. The van der Waals surface area contributed by atoms with Gasteiger partial charge in [-0.2, -0.15) is 5.26 Å². The summed E-state index contributed by atoms with van der Waals surface area (Å²) in [6.07, 6.45) is 1.53. The van der Waals surface area contributed by atoms with Gasteiger partial charge in [-0.3, -0.25) is 0 Å². The van der Waals surface area contributed by atoms with E-state index in [4.69, 9.17) is 26.2 Å². The topological polar surface area (TPSA) is 55.1 Å². The van der Waals surface area contributed by atoms with Gasteiger partial charge in [0.15, 0.2) is 0 Å². The Labute approximate surface area is 112 Å². The maximum absolute atomic E-state index is 8.75. The molecule has 0 bridgehead atoms. The Balaban J connectivity index is 2.33. The van der Waals surface area contributed by atoms with Crippen LogP contribution in [-0.2, 0) is 9.31 Å². The summed E-state index contributed by atoms with van der Waals surface area (Å²) in [5.41, 5.74) is 0.0821. The Morgan fingerprint density at radius 3 is 2.28 bits per heavy atom. The summed E-state index contributed by atoms with van der Waals surface area (Å²) in [6, 6.07) is 3.46. The van der Waals surface area contributed by atoms with Crippen molar-refractivity contribution in [1.82, 2.24) is 4.98 Å². The zero-order chi connectivity index (χ0) is 13.6. The van der Waals surface area contributed by atoms with Crippen molar-refractivity contribution >= 4 is 24.2 Å². The second-order valence-electron chi connectivity index (χ2n) is 5.29. The summed E-state index contributed by atoms with van der Waals surface area (Å²) < 4.78 is 11.7. The first-order chi connectivity index (χ1) is 8.27. The van der Waals surface area contributed by atoms with Crippen LogP contribution >= 0.6 is 11.6 Å². The number of nitrogens with zero attached hydrogens (tertiary/aromatic N) is 2. The smallest absolute Gasteiger partial charge is 0.399 e. The van der Waals surface area contributed by atoms with E-state index in [1.807, 2.05) is 33.8 Å². The SMILES string of the molecule is CC1(C)OB(c2cnc(C#N)cc2Cl)OC1(C)C. The molecule has 94 valence electrons. The van der Waals surface area contributed by atoms with Crippen LogP contribution < -0.4 is 5.46 Å². The van der Waals surface area contributed by atoms with Gasteiger partial charge in [-0.05, 0) is 33.8 Å². The van der Waals surface area contributed by atoms with E-state index in [2.05, 4.69) is 4.98 Å². The van der Waals surface area contributed by atoms with Crippen LogP contribution in [0.4, 0.5) is 0 Å². The Morgan fingerprint density at radius 2 is 1.83 bits per heavy atom. The second-order valence-corrected chi connectivity index (χ2v) is 5.70. The molecular formula is C12H14BClN2O2. The molecule has 1 aliphatic rings. The number of rotatable bonds is 1. The fourth-order valence-electron chi connectivity index (χ4n) is 1.65. The highest BCUT2D eigenvalue weighted by Gasteiger charge is 2.52. The molecule has 0 atom stereocenters. The van der Waals surface area contributed by atoms with Gasteiger partial charge in [-0.15, -0.1) is 0 Å². The average Bonchev–Trinajstić information content (AvgIpc) is 2.47. The lowest BCUT2D eigenvalue weighted by Crippen LogP contribution is -2.41. The minimum absolute atomic E-state index is 0.278. The van der Waals surface area contributed by atoms with Crippen LogP contribution in [0, 0.1) is 11.3 Å². The van der Waals surface area contributed by atoms with Gasteiger partial charge in [0.1, 0.15) is 11.8 Å². The highest BCUT2D eigenvalue weighted by atomic mass is 35.5. The molecule has 0 aliphatic carbocycles. The Kier molecular flexibility index (Phi) is 3.14. The molecule has 18 heavy (non-hydrogen) atoms.